The van der Waals surface area contributed by atoms with Gasteiger partial charge in [0.05, 0.1) is 7.11 Å². The van der Waals surface area contributed by atoms with Crippen LogP contribution in [0, 0.1) is 0 Å². The number of hydrogen-bond acceptors (Lipinski definition) is 2. The maximum atomic E-state index is 5.46. The number of rotatable bonds is 3. The Morgan fingerprint density at radius 3 is 2.33 bits per heavy atom. The molecule has 0 aliphatic rings. The molecule has 0 aliphatic heterocycles. The molecular formula is C10H10Cl3NO. The van der Waals surface area contributed by atoms with E-state index >= 15 is 0 Å². The summed E-state index contributed by atoms with van der Waals surface area (Å²) in [7, 11) is 1.62. The van der Waals surface area contributed by atoms with Crippen molar-refractivity contribution < 1.29 is 4.74 Å². The zero-order chi connectivity index (χ0) is 11.3. The molecule has 0 atom stereocenters. The Kier molecular flexibility index (Phi) is 4.71. The van der Waals surface area contributed by atoms with E-state index in [4.69, 9.17) is 39.5 Å². The lowest BCUT2D eigenvalue weighted by Gasteiger charge is -2.03. The molecule has 0 heterocycles. The first-order valence-electron chi connectivity index (χ1n) is 4.24. The van der Waals surface area contributed by atoms with Crippen LogP contribution in [0.3, 0.4) is 0 Å². The first-order valence-corrected chi connectivity index (χ1v) is 5.38. The first kappa shape index (κ1) is 12.6. The quantitative estimate of drug-likeness (QED) is 0.465. The zero-order valence-corrected chi connectivity index (χ0v) is 10.4. The van der Waals surface area contributed by atoms with Gasteiger partial charge in [0, 0.05) is 12.6 Å². The Labute approximate surface area is 104 Å². The molecule has 2 nitrogen and oxygen atoms in total. The summed E-state index contributed by atoms with van der Waals surface area (Å²) in [6, 6.07) is 7.61. The van der Waals surface area contributed by atoms with E-state index in [0.29, 0.717) is 6.42 Å². The molecule has 0 fully saturated rings. The van der Waals surface area contributed by atoms with Crippen molar-refractivity contribution >= 4 is 41.0 Å². The summed E-state index contributed by atoms with van der Waals surface area (Å²) in [6.07, 6.45) is 2.20. The lowest BCUT2D eigenvalue weighted by atomic mass is 10.2. The average molecular weight is 267 g/mol. The van der Waals surface area contributed by atoms with Gasteiger partial charge in [-0.2, -0.15) is 0 Å². The van der Waals surface area contributed by atoms with E-state index in [0.717, 1.165) is 11.3 Å². The smallest absolute Gasteiger partial charge is 0.285 e. The highest BCUT2D eigenvalue weighted by atomic mass is 35.6. The SMILES string of the molecule is COc1ccc(C/C=N/C(Cl)(Cl)Cl)cc1. The van der Waals surface area contributed by atoms with Gasteiger partial charge in [-0.1, -0.05) is 46.9 Å². The number of nitrogens with zero attached hydrogens (tertiary/aromatic N) is 1. The molecule has 1 aromatic rings. The lowest BCUT2D eigenvalue weighted by molar-refractivity contribution is 0.414. The predicted octanol–water partition coefficient (Wildman–Crippen LogP) is 3.64. The van der Waals surface area contributed by atoms with Crippen LogP contribution in [-0.4, -0.2) is 17.2 Å². The predicted molar refractivity (Wildman–Crippen MR) is 65.5 cm³/mol. The third kappa shape index (κ3) is 5.26. The van der Waals surface area contributed by atoms with Crippen molar-refractivity contribution in [2.75, 3.05) is 7.11 Å². The van der Waals surface area contributed by atoms with Crippen LogP contribution in [0.5, 0.6) is 5.75 Å². The fourth-order valence-electron chi connectivity index (χ4n) is 1.02. The second kappa shape index (κ2) is 5.59. The summed E-state index contributed by atoms with van der Waals surface area (Å²) >= 11 is 16.4. The Balaban J connectivity index is 2.55. The fraction of sp³-hybridized carbons (Fsp3) is 0.300. The molecule has 0 unspecified atom stereocenters. The highest BCUT2D eigenvalue weighted by molar-refractivity contribution is 6.67. The topological polar surface area (TPSA) is 21.6 Å². The second-order valence-corrected chi connectivity index (χ2v) is 5.05. The van der Waals surface area contributed by atoms with E-state index in [-0.39, 0.29) is 0 Å². The van der Waals surface area contributed by atoms with Crippen LogP contribution in [0.1, 0.15) is 5.56 Å². The number of ether oxygens (including phenoxy) is 1. The first-order chi connectivity index (χ1) is 7.01. The number of benzene rings is 1. The van der Waals surface area contributed by atoms with Gasteiger partial charge < -0.3 is 4.74 Å². The van der Waals surface area contributed by atoms with E-state index in [1.54, 1.807) is 13.3 Å². The molecule has 1 aromatic carbocycles. The molecule has 0 aliphatic carbocycles. The van der Waals surface area contributed by atoms with E-state index in [9.17, 15) is 0 Å². The van der Waals surface area contributed by atoms with Crippen LogP contribution in [0.15, 0.2) is 29.3 Å². The van der Waals surface area contributed by atoms with Crippen molar-refractivity contribution in [1.29, 1.82) is 0 Å². The minimum absolute atomic E-state index is 0.623. The molecule has 0 bridgehead atoms. The monoisotopic (exact) mass is 265 g/mol. The molecule has 82 valence electrons. The Bertz CT molecular complexity index is 330. The molecule has 0 saturated heterocycles. The second-order valence-electron chi connectivity index (χ2n) is 2.83. The van der Waals surface area contributed by atoms with Gasteiger partial charge in [-0.3, -0.25) is 0 Å². The van der Waals surface area contributed by atoms with Gasteiger partial charge in [0.25, 0.3) is 3.92 Å². The largest absolute Gasteiger partial charge is 0.497 e. The number of hydrogen-bond donors (Lipinski definition) is 0. The summed E-state index contributed by atoms with van der Waals surface area (Å²) in [4.78, 5) is 3.73. The van der Waals surface area contributed by atoms with Crippen LogP contribution in [0.2, 0.25) is 0 Å². The summed E-state index contributed by atoms with van der Waals surface area (Å²) in [5, 5.41) is 0. The minimum atomic E-state index is -1.56. The highest BCUT2D eigenvalue weighted by Gasteiger charge is 2.14. The van der Waals surface area contributed by atoms with E-state index in [1.807, 2.05) is 24.3 Å². The summed E-state index contributed by atoms with van der Waals surface area (Å²) in [6.45, 7) is 0. The summed E-state index contributed by atoms with van der Waals surface area (Å²) in [5.74, 6) is 0.817. The molecule has 0 aromatic heterocycles. The Hall–Kier alpha value is -0.440. The van der Waals surface area contributed by atoms with Crippen LogP contribution in [0.25, 0.3) is 0 Å². The molecule has 1 rings (SSSR count). The number of aliphatic imine (C=N–C) groups is 1. The van der Waals surface area contributed by atoms with Crippen molar-refractivity contribution in [3.8, 4) is 5.75 Å². The van der Waals surface area contributed by atoms with E-state index in [1.165, 1.54) is 0 Å². The van der Waals surface area contributed by atoms with Crippen LogP contribution in [0.4, 0.5) is 0 Å². The third-order valence-electron chi connectivity index (χ3n) is 1.72. The van der Waals surface area contributed by atoms with Gasteiger partial charge in [-0.05, 0) is 17.7 Å². The molecule has 0 spiro atoms. The van der Waals surface area contributed by atoms with Gasteiger partial charge in [0.15, 0.2) is 0 Å². The standard InChI is InChI=1S/C10H10Cl3NO/c1-15-9-4-2-8(3-5-9)6-7-14-10(11,12)13/h2-5,7H,6H2,1H3/b14-7+. The lowest BCUT2D eigenvalue weighted by Crippen LogP contribution is -1.97. The van der Waals surface area contributed by atoms with Crippen molar-refractivity contribution in [3.63, 3.8) is 0 Å². The minimum Gasteiger partial charge on any atom is -0.497 e. The maximum Gasteiger partial charge on any atom is 0.285 e. The fourth-order valence-corrected chi connectivity index (χ4v) is 1.22. The molecule has 5 heteroatoms. The van der Waals surface area contributed by atoms with E-state index < -0.39 is 3.92 Å². The molecule has 0 N–H and O–H groups in total. The Morgan fingerprint density at radius 2 is 1.87 bits per heavy atom. The molecule has 0 amide bonds. The van der Waals surface area contributed by atoms with Crippen molar-refractivity contribution in [3.05, 3.63) is 29.8 Å². The van der Waals surface area contributed by atoms with Crippen molar-refractivity contribution in [1.82, 2.24) is 0 Å². The summed E-state index contributed by atoms with van der Waals surface area (Å²) < 4.78 is 3.47. The number of alkyl halides is 3. The van der Waals surface area contributed by atoms with Crippen LogP contribution < -0.4 is 4.74 Å². The van der Waals surface area contributed by atoms with Gasteiger partial charge >= 0.3 is 0 Å². The zero-order valence-electron chi connectivity index (χ0n) is 8.08. The van der Waals surface area contributed by atoms with Crippen LogP contribution in [-0.2, 0) is 6.42 Å². The van der Waals surface area contributed by atoms with Gasteiger partial charge in [-0.15, -0.1) is 0 Å². The third-order valence-corrected chi connectivity index (χ3v) is 2.02. The molecule has 0 saturated carbocycles. The van der Waals surface area contributed by atoms with Crippen molar-refractivity contribution in [2.24, 2.45) is 4.99 Å². The Morgan fingerprint density at radius 1 is 1.27 bits per heavy atom. The van der Waals surface area contributed by atoms with E-state index in [2.05, 4.69) is 4.99 Å². The van der Waals surface area contributed by atoms with Gasteiger partial charge in [0.2, 0.25) is 0 Å². The normalized spacial score (nSPS) is 12.0. The number of halogens is 3. The van der Waals surface area contributed by atoms with Crippen molar-refractivity contribution in [2.45, 2.75) is 10.3 Å². The van der Waals surface area contributed by atoms with Crippen LogP contribution >= 0.6 is 34.8 Å². The highest BCUT2D eigenvalue weighted by Crippen LogP contribution is 2.26. The summed E-state index contributed by atoms with van der Waals surface area (Å²) in [5.41, 5.74) is 1.08. The molecule has 15 heavy (non-hydrogen) atoms. The number of methoxy groups -OCH3 is 1. The average Bonchev–Trinajstić information content (AvgIpc) is 2.17. The maximum absolute atomic E-state index is 5.46. The van der Waals surface area contributed by atoms with Gasteiger partial charge in [0.1, 0.15) is 5.75 Å². The molecular weight excluding hydrogens is 256 g/mol. The van der Waals surface area contributed by atoms with Gasteiger partial charge in [-0.25, -0.2) is 4.99 Å². The molecule has 0 radical (unpaired) electrons.